The maximum atomic E-state index is 13.4. The second kappa shape index (κ2) is 15.2. The number of likely N-dealkylation sites (N-methyl/N-ethyl adjacent to an activating group) is 1. The lowest BCUT2D eigenvalue weighted by atomic mass is 10.1. The molecule has 0 radical (unpaired) electrons. The first-order chi connectivity index (χ1) is 27.0. The van der Waals surface area contributed by atoms with Gasteiger partial charge in [0.2, 0.25) is 0 Å². The van der Waals surface area contributed by atoms with Crippen LogP contribution in [0.5, 0.6) is 0 Å². The van der Waals surface area contributed by atoms with Gasteiger partial charge in [-0.1, -0.05) is 72.3 Å². The summed E-state index contributed by atoms with van der Waals surface area (Å²) in [5.41, 5.74) is 2.75. The number of pyridine rings is 2. The Kier molecular flexibility index (Phi) is 10.2. The molecule has 286 valence electrons. The van der Waals surface area contributed by atoms with Gasteiger partial charge in [0.15, 0.2) is 0 Å². The van der Waals surface area contributed by atoms with Crippen molar-refractivity contribution in [3.8, 4) is 0 Å². The molecule has 4 aromatic heterocycles. The number of aromatic nitrogens is 4. The number of fused-ring (bicyclic) bond motifs is 6. The number of nitrogens with one attached hydrogen (secondary N) is 3. The average Bonchev–Trinajstić information content (AvgIpc) is 3.85. The molecule has 0 spiro atoms. The molecule has 0 bridgehead atoms. The van der Waals surface area contributed by atoms with Crippen LogP contribution in [0.25, 0.3) is 43.6 Å². The van der Waals surface area contributed by atoms with Crippen molar-refractivity contribution in [1.29, 1.82) is 0 Å². The number of hydrogen-bond acceptors (Lipinski definition) is 10. The second-order valence-electron chi connectivity index (χ2n) is 13.7. The average molecular weight is 807 g/mol. The summed E-state index contributed by atoms with van der Waals surface area (Å²) in [6, 6.07) is 33.9. The van der Waals surface area contributed by atoms with Gasteiger partial charge in [-0.2, -0.15) is 0 Å². The minimum absolute atomic E-state index is 0.149. The van der Waals surface area contributed by atoms with Crippen LogP contribution in [0.3, 0.4) is 0 Å². The number of para-hydroxylation sites is 2. The van der Waals surface area contributed by atoms with Crippen molar-refractivity contribution in [3.63, 3.8) is 0 Å². The van der Waals surface area contributed by atoms with Crippen molar-refractivity contribution in [1.82, 2.24) is 28.1 Å². The Morgan fingerprint density at radius 3 is 1.79 bits per heavy atom. The largest absolute Gasteiger partial charge is 0.368 e. The third kappa shape index (κ3) is 7.06. The molecular formula is C41H39ClN8O4S2. The predicted molar refractivity (Wildman–Crippen MR) is 225 cm³/mol. The fraction of sp³-hybridized carbons (Fsp3) is 0.171. The van der Waals surface area contributed by atoms with Crippen molar-refractivity contribution in [2.24, 2.45) is 0 Å². The van der Waals surface area contributed by atoms with Crippen LogP contribution in [-0.4, -0.2) is 86.0 Å². The van der Waals surface area contributed by atoms with Crippen molar-refractivity contribution in [2.75, 3.05) is 50.9 Å². The first-order valence-electron chi connectivity index (χ1n) is 18.0. The molecule has 0 atom stereocenters. The smallest absolute Gasteiger partial charge is 0.268 e. The molecule has 1 aliphatic heterocycles. The Labute approximate surface area is 329 Å². The molecule has 0 aliphatic carbocycles. The molecule has 12 nitrogen and oxygen atoms in total. The quantitative estimate of drug-likeness (QED) is 0.134. The van der Waals surface area contributed by atoms with Crippen LogP contribution in [-0.2, 0) is 20.0 Å². The first kappa shape index (κ1) is 37.4. The zero-order valence-electron chi connectivity index (χ0n) is 30.6. The topological polar surface area (TPSA) is 143 Å². The van der Waals surface area contributed by atoms with E-state index < -0.39 is 20.0 Å². The number of hydrogen-bond donors (Lipinski definition) is 3. The minimum atomic E-state index is -3.81. The van der Waals surface area contributed by atoms with Gasteiger partial charge in [-0.25, -0.2) is 34.7 Å². The van der Waals surface area contributed by atoms with E-state index in [1.165, 1.54) is 14.0 Å². The highest BCUT2D eigenvalue weighted by Crippen LogP contribution is 2.35. The first-order valence-corrected chi connectivity index (χ1v) is 21.3. The number of rotatable bonds is 10. The number of halogens is 1. The number of benzene rings is 4. The van der Waals surface area contributed by atoms with E-state index in [0.29, 0.717) is 34.2 Å². The van der Waals surface area contributed by atoms with Crippen LogP contribution in [0, 0.1) is 0 Å². The van der Waals surface area contributed by atoms with Gasteiger partial charge in [0, 0.05) is 65.1 Å². The molecule has 15 heteroatoms. The van der Waals surface area contributed by atoms with Gasteiger partial charge in [0.05, 0.1) is 37.9 Å². The minimum Gasteiger partial charge on any atom is -0.368 e. The molecular weight excluding hydrogens is 768 g/mol. The zero-order valence-corrected chi connectivity index (χ0v) is 33.0. The van der Waals surface area contributed by atoms with Gasteiger partial charge < -0.3 is 20.9 Å². The van der Waals surface area contributed by atoms with Crippen LogP contribution in [0.4, 0.5) is 11.6 Å². The second-order valence-corrected chi connectivity index (χ2v) is 17.8. The third-order valence-electron chi connectivity index (χ3n) is 9.62. The van der Waals surface area contributed by atoms with Crippen molar-refractivity contribution in [2.45, 2.75) is 15.8 Å². The van der Waals surface area contributed by atoms with Gasteiger partial charge >= 0.3 is 0 Å². The zero-order chi connectivity index (χ0) is 39.0. The summed E-state index contributed by atoms with van der Waals surface area (Å²) in [5.74, 6) is 1.39. The Morgan fingerprint density at radius 2 is 1.21 bits per heavy atom. The SMILES string of the molecule is CN(C)CCNc1nc2ccccc2c2c1ccn2S(=O)(=O)c1ccccc1.O=S(=O)(c1cccc(Cl)c1)n1ccc2c(NC3CNC3)nc3ccccc3c21. The van der Waals surface area contributed by atoms with Crippen molar-refractivity contribution < 1.29 is 16.8 Å². The molecule has 1 fully saturated rings. The maximum Gasteiger partial charge on any atom is 0.268 e. The lowest BCUT2D eigenvalue weighted by molar-refractivity contribution is 0.425. The third-order valence-corrected chi connectivity index (χ3v) is 13.2. The Balaban J connectivity index is 0.000000157. The van der Waals surface area contributed by atoms with Gasteiger partial charge in [0.25, 0.3) is 20.0 Å². The van der Waals surface area contributed by atoms with Crippen LogP contribution in [0.2, 0.25) is 5.02 Å². The monoisotopic (exact) mass is 806 g/mol. The molecule has 0 saturated carbocycles. The molecule has 1 aliphatic rings. The van der Waals surface area contributed by atoms with E-state index in [4.69, 9.17) is 21.6 Å². The summed E-state index contributed by atoms with van der Waals surface area (Å²) >= 11 is 6.03. The molecule has 0 amide bonds. The molecule has 5 heterocycles. The summed E-state index contributed by atoms with van der Waals surface area (Å²) in [6.45, 7) is 3.28. The highest BCUT2D eigenvalue weighted by Gasteiger charge is 2.25. The van der Waals surface area contributed by atoms with Crippen LogP contribution >= 0.6 is 11.6 Å². The molecule has 8 aromatic rings. The molecule has 0 unspecified atom stereocenters. The van der Waals surface area contributed by atoms with E-state index in [1.54, 1.807) is 67.0 Å². The van der Waals surface area contributed by atoms with E-state index in [1.807, 2.05) is 68.7 Å². The van der Waals surface area contributed by atoms with Gasteiger partial charge in [-0.15, -0.1) is 0 Å². The van der Waals surface area contributed by atoms with E-state index >= 15 is 0 Å². The lowest BCUT2D eigenvalue weighted by Crippen LogP contribution is -2.51. The summed E-state index contributed by atoms with van der Waals surface area (Å²) < 4.78 is 56.0. The van der Waals surface area contributed by atoms with E-state index in [2.05, 4.69) is 20.9 Å². The summed E-state index contributed by atoms with van der Waals surface area (Å²) in [6.07, 6.45) is 3.19. The van der Waals surface area contributed by atoms with Crippen molar-refractivity contribution >= 4 is 86.9 Å². The van der Waals surface area contributed by atoms with Crippen LogP contribution < -0.4 is 16.0 Å². The summed E-state index contributed by atoms with van der Waals surface area (Å²) in [5, 5.41) is 13.5. The van der Waals surface area contributed by atoms with Crippen LogP contribution in [0.1, 0.15) is 0 Å². The normalized spacial score (nSPS) is 13.6. The molecule has 1 saturated heterocycles. The predicted octanol–water partition coefficient (Wildman–Crippen LogP) is 6.86. The van der Waals surface area contributed by atoms with Crippen molar-refractivity contribution in [3.05, 3.63) is 133 Å². The molecule has 56 heavy (non-hydrogen) atoms. The number of nitrogens with zero attached hydrogens (tertiary/aromatic N) is 5. The molecule has 3 N–H and O–H groups in total. The Hall–Kier alpha value is -5.51. The number of anilines is 2. The summed E-state index contributed by atoms with van der Waals surface area (Å²) in [7, 11) is -3.50. The molecule has 4 aromatic carbocycles. The fourth-order valence-electron chi connectivity index (χ4n) is 6.72. The highest BCUT2D eigenvalue weighted by atomic mass is 35.5. The van der Waals surface area contributed by atoms with E-state index in [0.717, 1.165) is 52.2 Å². The van der Waals surface area contributed by atoms with Gasteiger partial charge in [0.1, 0.15) is 11.6 Å². The molecule has 9 rings (SSSR count). The van der Waals surface area contributed by atoms with Gasteiger partial charge in [-0.3, -0.25) is 0 Å². The lowest BCUT2D eigenvalue weighted by Gasteiger charge is -2.28. The van der Waals surface area contributed by atoms with Crippen LogP contribution in [0.15, 0.2) is 137 Å². The Bertz CT molecular complexity index is 2950. The fourth-order valence-corrected chi connectivity index (χ4v) is 9.77. The van der Waals surface area contributed by atoms with Gasteiger partial charge in [-0.05, 0) is 68.7 Å². The van der Waals surface area contributed by atoms with E-state index in [-0.39, 0.29) is 15.8 Å². The standard InChI is InChI=1S/C21H22N4O2S.C20H17ClN4O2S/c1-24(2)15-13-22-21-18-12-14-25(28(26,27)16-8-4-3-5-9-16)20(18)17-10-6-7-11-19(17)23-21;21-13-4-3-5-15(10-13)28(26,27)25-9-8-17-19(25)16-6-1-2-7-18(16)24-20(17)23-14-11-22-12-14/h3-12,14H,13,15H2,1-2H3,(H,22,23);1-10,14,22H,11-12H2,(H,23,24). The van der Waals surface area contributed by atoms with E-state index in [9.17, 15) is 16.8 Å². The summed E-state index contributed by atoms with van der Waals surface area (Å²) in [4.78, 5) is 12.0. The maximum absolute atomic E-state index is 13.4. The Morgan fingerprint density at radius 1 is 0.679 bits per heavy atom. The highest BCUT2D eigenvalue weighted by molar-refractivity contribution is 7.90.